The third-order valence-corrected chi connectivity index (χ3v) is 3.71. The maximum Gasteiger partial charge on any atom is 0.0575 e. The molecule has 100 valence electrons. The summed E-state index contributed by atoms with van der Waals surface area (Å²) in [5.41, 5.74) is 4.62. The van der Waals surface area contributed by atoms with E-state index in [0.29, 0.717) is 0 Å². The van der Waals surface area contributed by atoms with Gasteiger partial charge >= 0.3 is 0 Å². The zero-order chi connectivity index (χ0) is 13.9. The smallest absolute Gasteiger partial charge is 0.0575 e. The predicted octanol–water partition coefficient (Wildman–Crippen LogP) is 4.14. The highest BCUT2D eigenvalue weighted by molar-refractivity contribution is 5.93. The Labute approximate surface area is 119 Å². The Morgan fingerprint density at radius 1 is 1.05 bits per heavy atom. The molecule has 20 heavy (non-hydrogen) atoms. The zero-order valence-electron chi connectivity index (χ0n) is 11.6. The van der Waals surface area contributed by atoms with Gasteiger partial charge in [-0.05, 0) is 24.3 Å². The van der Waals surface area contributed by atoms with Crippen molar-refractivity contribution in [2.45, 2.75) is 6.04 Å². The van der Waals surface area contributed by atoms with E-state index < -0.39 is 0 Å². The van der Waals surface area contributed by atoms with E-state index in [9.17, 15) is 0 Å². The highest BCUT2D eigenvalue weighted by Crippen LogP contribution is 2.32. The van der Waals surface area contributed by atoms with E-state index in [1.54, 1.807) is 0 Å². The summed E-state index contributed by atoms with van der Waals surface area (Å²) in [6.45, 7) is 4.31. The van der Waals surface area contributed by atoms with Crippen LogP contribution in [0.3, 0.4) is 0 Å². The van der Waals surface area contributed by atoms with Gasteiger partial charge in [0.1, 0.15) is 0 Å². The van der Waals surface area contributed by atoms with Gasteiger partial charge in [0.05, 0.1) is 6.04 Å². The highest BCUT2D eigenvalue weighted by atomic mass is 14.9. The van der Waals surface area contributed by atoms with Crippen molar-refractivity contribution in [3.63, 3.8) is 0 Å². The fourth-order valence-corrected chi connectivity index (χ4v) is 2.68. The molecular weight excluding hydrogens is 244 g/mol. The number of aromatic nitrogens is 1. The van der Waals surface area contributed by atoms with Crippen LogP contribution in [-0.2, 0) is 0 Å². The number of likely N-dealkylation sites (N-methyl/N-ethyl adjacent to an activating group) is 1. The van der Waals surface area contributed by atoms with Gasteiger partial charge in [0.25, 0.3) is 0 Å². The van der Waals surface area contributed by atoms with Crippen molar-refractivity contribution in [1.29, 1.82) is 0 Å². The number of fused-ring (bicyclic) bond motifs is 1. The first-order valence-electron chi connectivity index (χ1n) is 6.78. The van der Waals surface area contributed by atoms with Crippen LogP contribution in [0.15, 0.2) is 67.4 Å². The average molecular weight is 262 g/mol. The van der Waals surface area contributed by atoms with Crippen LogP contribution in [0.25, 0.3) is 16.5 Å². The quantitative estimate of drug-likeness (QED) is 0.726. The zero-order valence-corrected chi connectivity index (χ0v) is 11.6. The first kappa shape index (κ1) is 12.7. The largest absolute Gasteiger partial charge is 0.361 e. The van der Waals surface area contributed by atoms with Crippen molar-refractivity contribution in [3.8, 4) is 0 Å². The minimum absolute atomic E-state index is 0.121. The van der Waals surface area contributed by atoms with Gasteiger partial charge in [0.2, 0.25) is 0 Å². The molecule has 3 rings (SSSR count). The summed E-state index contributed by atoms with van der Waals surface area (Å²) in [6.07, 6.45) is 2.04. The second kappa shape index (κ2) is 5.35. The van der Waals surface area contributed by atoms with Crippen LogP contribution in [-0.4, -0.2) is 12.0 Å². The van der Waals surface area contributed by atoms with E-state index in [0.717, 1.165) is 11.1 Å². The summed E-state index contributed by atoms with van der Waals surface area (Å²) in [6, 6.07) is 18.8. The molecular formula is C18H18N2. The summed E-state index contributed by atoms with van der Waals surface area (Å²) in [5.74, 6) is 0. The van der Waals surface area contributed by atoms with E-state index in [2.05, 4.69) is 59.3 Å². The summed E-state index contributed by atoms with van der Waals surface area (Å²) in [7, 11) is 1.97. The predicted molar refractivity (Wildman–Crippen MR) is 85.6 cm³/mol. The van der Waals surface area contributed by atoms with Crippen molar-refractivity contribution >= 4 is 16.5 Å². The molecule has 0 aliphatic carbocycles. The van der Waals surface area contributed by atoms with Gasteiger partial charge in [-0.2, -0.15) is 0 Å². The number of nitrogens with one attached hydrogen (secondary N) is 2. The fourth-order valence-electron chi connectivity index (χ4n) is 2.68. The maximum atomic E-state index is 4.31. The van der Waals surface area contributed by atoms with Gasteiger partial charge in [-0.3, -0.25) is 0 Å². The Kier molecular flexibility index (Phi) is 3.40. The maximum absolute atomic E-state index is 4.31. The highest BCUT2D eigenvalue weighted by Gasteiger charge is 2.16. The van der Waals surface area contributed by atoms with Crippen molar-refractivity contribution < 1.29 is 0 Å². The van der Waals surface area contributed by atoms with E-state index in [4.69, 9.17) is 0 Å². The third-order valence-electron chi connectivity index (χ3n) is 3.71. The molecule has 1 heterocycles. The monoisotopic (exact) mass is 262 g/mol. The SMILES string of the molecule is C=C(c1c[nH]c2ccccc12)C(NC)c1ccccc1. The first-order chi connectivity index (χ1) is 9.81. The van der Waals surface area contributed by atoms with Gasteiger partial charge < -0.3 is 10.3 Å². The molecule has 2 heteroatoms. The summed E-state index contributed by atoms with van der Waals surface area (Å²) in [4.78, 5) is 3.31. The normalized spacial score (nSPS) is 12.4. The standard InChI is InChI=1S/C18H18N2/c1-13(18(19-2)14-8-4-3-5-9-14)16-12-20-17-11-7-6-10-15(16)17/h3-12,18-20H,1H2,2H3. The van der Waals surface area contributed by atoms with Crippen LogP contribution in [0.2, 0.25) is 0 Å². The molecule has 2 nitrogen and oxygen atoms in total. The molecule has 2 N–H and O–H groups in total. The lowest BCUT2D eigenvalue weighted by Crippen LogP contribution is -2.17. The third kappa shape index (κ3) is 2.15. The van der Waals surface area contributed by atoms with Crippen molar-refractivity contribution in [1.82, 2.24) is 10.3 Å². The molecule has 0 amide bonds. The average Bonchev–Trinajstić information content (AvgIpc) is 2.93. The molecule has 0 saturated heterocycles. The van der Waals surface area contributed by atoms with Crippen molar-refractivity contribution in [3.05, 3.63) is 78.5 Å². The van der Waals surface area contributed by atoms with Crippen LogP contribution in [0.5, 0.6) is 0 Å². The molecule has 0 radical (unpaired) electrons. The molecule has 1 aromatic heterocycles. The topological polar surface area (TPSA) is 27.8 Å². The second-order valence-corrected chi connectivity index (χ2v) is 4.91. The van der Waals surface area contributed by atoms with Gasteiger partial charge in [0, 0.05) is 22.7 Å². The minimum atomic E-state index is 0.121. The lowest BCUT2D eigenvalue weighted by atomic mass is 9.94. The number of benzene rings is 2. The Morgan fingerprint density at radius 3 is 2.50 bits per heavy atom. The van der Waals surface area contributed by atoms with E-state index in [-0.39, 0.29) is 6.04 Å². The molecule has 2 aromatic carbocycles. The minimum Gasteiger partial charge on any atom is -0.361 e. The number of para-hydroxylation sites is 1. The summed E-state index contributed by atoms with van der Waals surface area (Å²) in [5, 5.41) is 4.57. The molecule has 0 spiro atoms. The molecule has 0 fully saturated rings. The molecule has 1 unspecified atom stereocenters. The van der Waals surface area contributed by atoms with Gasteiger partial charge in [0.15, 0.2) is 0 Å². The van der Waals surface area contributed by atoms with E-state index >= 15 is 0 Å². The number of rotatable bonds is 4. The van der Waals surface area contributed by atoms with Crippen molar-refractivity contribution in [2.24, 2.45) is 0 Å². The summed E-state index contributed by atoms with van der Waals surface area (Å²) >= 11 is 0. The first-order valence-corrected chi connectivity index (χ1v) is 6.78. The van der Waals surface area contributed by atoms with E-state index in [1.165, 1.54) is 16.5 Å². The van der Waals surface area contributed by atoms with Gasteiger partial charge in [-0.25, -0.2) is 0 Å². The number of hydrogen-bond donors (Lipinski definition) is 2. The number of aromatic amines is 1. The fraction of sp³-hybridized carbons (Fsp3) is 0.111. The van der Waals surface area contributed by atoms with Crippen molar-refractivity contribution in [2.75, 3.05) is 7.05 Å². The van der Waals surface area contributed by atoms with Crippen LogP contribution >= 0.6 is 0 Å². The lowest BCUT2D eigenvalue weighted by Gasteiger charge is -2.19. The number of H-pyrrole nitrogens is 1. The van der Waals surface area contributed by atoms with Crippen LogP contribution in [0.4, 0.5) is 0 Å². The molecule has 0 saturated carbocycles. The lowest BCUT2D eigenvalue weighted by molar-refractivity contribution is 0.733. The molecule has 3 aromatic rings. The summed E-state index contributed by atoms with van der Waals surface area (Å²) < 4.78 is 0. The van der Waals surface area contributed by atoms with Crippen LogP contribution < -0.4 is 5.32 Å². The Morgan fingerprint density at radius 2 is 1.75 bits per heavy atom. The molecule has 0 aliphatic heterocycles. The number of hydrogen-bond acceptors (Lipinski definition) is 1. The van der Waals surface area contributed by atoms with Gasteiger partial charge in [-0.15, -0.1) is 0 Å². The van der Waals surface area contributed by atoms with Crippen LogP contribution in [0.1, 0.15) is 17.2 Å². The van der Waals surface area contributed by atoms with E-state index in [1.807, 2.05) is 25.4 Å². The molecule has 1 atom stereocenters. The Bertz CT molecular complexity index is 725. The second-order valence-electron chi connectivity index (χ2n) is 4.91. The van der Waals surface area contributed by atoms with Crippen LogP contribution in [0, 0.1) is 0 Å². The Balaban J connectivity index is 2.03. The molecule has 0 aliphatic rings. The molecule has 0 bridgehead atoms. The Hall–Kier alpha value is -2.32. The van der Waals surface area contributed by atoms with Gasteiger partial charge in [-0.1, -0.05) is 55.1 Å².